The molecule has 0 aliphatic heterocycles. The van der Waals surface area contributed by atoms with Crippen molar-refractivity contribution in [2.45, 2.75) is 31.9 Å². The molecule has 2 N–H and O–H groups in total. The van der Waals surface area contributed by atoms with Gasteiger partial charge in [-0.1, -0.05) is 30.3 Å². The Hall–Kier alpha value is -1.88. The summed E-state index contributed by atoms with van der Waals surface area (Å²) >= 11 is 0. The number of nitrogens with one attached hydrogen (secondary N) is 1. The van der Waals surface area contributed by atoms with Gasteiger partial charge in [0.1, 0.15) is 6.04 Å². The molecule has 0 aromatic heterocycles. The third kappa shape index (κ3) is 3.81. The first-order valence-corrected chi connectivity index (χ1v) is 6.80. The molecule has 1 aromatic rings. The Morgan fingerprint density at radius 1 is 1.40 bits per heavy atom. The minimum absolute atomic E-state index is 0.0498. The van der Waals surface area contributed by atoms with Gasteiger partial charge in [-0.25, -0.2) is 4.79 Å². The maximum atomic E-state index is 11.9. The zero-order valence-electron chi connectivity index (χ0n) is 11.4. The quantitative estimate of drug-likeness (QED) is 0.786. The maximum Gasteiger partial charge on any atom is 0.326 e. The lowest BCUT2D eigenvalue weighted by Gasteiger charge is -2.14. The molecule has 1 aliphatic carbocycles. The molecule has 2 rings (SSSR count). The van der Waals surface area contributed by atoms with Gasteiger partial charge in [-0.15, -0.1) is 0 Å². The van der Waals surface area contributed by atoms with Crippen LogP contribution in [0, 0.1) is 5.92 Å². The smallest absolute Gasteiger partial charge is 0.326 e. The molecule has 0 bridgehead atoms. The highest BCUT2D eigenvalue weighted by Crippen LogP contribution is 2.33. The Bertz CT molecular complexity index is 474. The zero-order valence-corrected chi connectivity index (χ0v) is 11.4. The van der Waals surface area contributed by atoms with E-state index in [2.05, 4.69) is 5.32 Å². The Kier molecular flexibility index (Phi) is 4.74. The Morgan fingerprint density at radius 3 is 2.70 bits per heavy atom. The van der Waals surface area contributed by atoms with Crippen molar-refractivity contribution in [3.63, 3.8) is 0 Å². The van der Waals surface area contributed by atoms with Gasteiger partial charge in [0, 0.05) is 13.0 Å². The fourth-order valence-electron chi connectivity index (χ4n) is 2.17. The van der Waals surface area contributed by atoms with Crippen molar-refractivity contribution >= 4 is 11.9 Å². The minimum Gasteiger partial charge on any atom is -0.480 e. The number of rotatable bonds is 7. The summed E-state index contributed by atoms with van der Waals surface area (Å²) in [5.41, 5.74) is 0.886. The van der Waals surface area contributed by atoms with E-state index in [0.29, 0.717) is 13.0 Å². The van der Waals surface area contributed by atoms with Crippen LogP contribution in [0.25, 0.3) is 0 Å². The van der Waals surface area contributed by atoms with Gasteiger partial charge < -0.3 is 15.2 Å². The van der Waals surface area contributed by atoms with Gasteiger partial charge >= 0.3 is 5.97 Å². The first-order chi connectivity index (χ1) is 9.61. The number of benzene rings is 1. The van der Waals surface area contributed by atoms with E-state index in [9.17, 15) is 14.7 Å². The molecule has 1 aliphatic rings. The van der Waals surface area contributed by atoms with Crippen LogP contribution < -0.4 is 5.32 Å². The molecule has 0 radical (unpaired) electrons. The molecule has 1 aromatic carbocycles. The van der Waals surface area contributed by atoms with E-state index in [-0.39, 0.29) is 24.3 Å². The van der Waals surface area contributed by atoms with Crippen molar-refractivity contribution in [3.05, 3.63) is 35.9 Å². The summed E-state index contributed by atoms with van der Waals surface area (Å²) in [5, 5.41) is 11.8. The van der Waals surface area contributed by atoms with Crippen LogP contribution in [-0.4, -0.2) is 35.7 Å². The van der Waals surface area contributed by atoms with Crippen LogP contribution >= 0.6 is 0 Å². The summed E-state index contributed by atoms with van der Waals surface area (Å²) in [5.74, 6) is -1.45. The zero-order chi connectivity index (χ0) is 14.5. The number of carbonyl (C=O) groups is 2. The molecule has 0 heterocycles. The van der Waals surface area contributed by atoms with Crippen molar-refractivity contribution in [2.75, 3.05) is 6.61 Å². The monoisotopic (exact) mass is 277 g/mol. The van der Waals surface area contributed by atoms with Crippen LogP contribution in [0.4, 0.5) is 0 Å². The average Bonchev–Trinajstić information content (AvgIpc) is 3.19. The highest BCUT2D eigenvalue weighted by Gasteiger charge is 2.44. The summed E-state index contributed by atoms with van der Waals surface area (Å²) in [4.78, 5) is 23.2. The van der Waals surface area contributed by atoms with Crippen molar-refractivity contribution in [1.82, 2.24) is 5.32 Å². The molecule has 1 saturated carbocycles. The fraction of sp³-hybridized carbons (Fsp3) is 0.467. The molecule has 20 heavy (non-hydrogen) atoms. The number of aliphatic carboxylic acids is 1. The topological polar surface area (TPSA) is 75.6 Å². The molecule has 108 valence electrons. The molecule has 0 saturated heterocycles. The highest BCUT2D eigenvalue weighted by atomic mass is 16.5. The van der Waals surface area contributed by atoms with E-state index in [0.717, 1.165) is 5.56 Å². The fourth-order valence-corrected chi connectivity index (χ4v) is 2.17. The summed E-state index contributed by atoms with van der Waals surface area (Å²) in [6.07, 6.45) is 0.914. The van der Waals surface area contributed by atoms with Crippen LogP contribution in [-0.2, 0) is 20.7 Å². The summed E-state index contributed by atoms with van der Waals surface area (Å²) in [6, 6.07) is 8.37. The van der Waals surface area contributed by atoms with Gasteiger partial charge in [-0.05, 0) is 18.9 Å². The predicted octanol–water partition coefficient (Wildman–Crippen LogP) is 1.22. The lowest BCUT2D eigenvalue weighted by atomic mass is 10.1. The van der Waals surface area contributed by atoms with Crippen molar-refractivity contribution in [3.8, 4) is 0 Å². The second-order valence-corrected chi connectivity index (χ2v) is 4.93. The standard InChI is InChI=1S/C15H19NO4/c1-2-20-13-9-11(13)14(17)16-12(15(18)19)8-10-6-4-3-5-7-10/h3-7,11-13H,2,8-9H2,1H3,(H,16,17)(H,18,19)/t11-,12-,13+/m0/s1. The van der Waals surface area contributed by atoms with Gasteiger partial charge in [0.2, 0.25) is 5.91 Å². The van der Waals surface area contributed by atoms with Crippen LogP contribution in [0.15, 0.2) is 30.3 Å². The second kappa shape index (κ2) is 6.52. The average molecular weight is 277 g/mol. The SMILES string of the molecule is CCO[C@@H]1C[C@@H]1C(=O)N[C@@H](Cc1ccccc1)C(=O)O. The Morgan fingerprint density at radius 2 is 2.10 bits per heavy atom. The van der Waals surface area contributed by atoms with E-state index in [4.69, 9.17) is 4.74 Å². The van der Waals surface area contributed by atoms with Crippen LogP contribution in [0.5, 0.6) is 0 Å². The van der Waals surface area contributed by atoms with Crippen molar-refractivity contribution < 1.29 is 19.4 Å². The summed E-state index contributed by atoms with van der Waals surface area (Å²) < 4.78 is 5.34. The van der Waals surface area contributed by atoms with Gasteiger partial charge in [-0.2, -0.15) is 0 Å². The number of amides is 1. The van der Waals surface area contributed by atoms with E-state index >= 15 is 0 Å². The molecular weight excluding hydrogens is 258 g/mol. The third-order valence-corrected chi connectivity index (χ3v) is 3.35. The molecule has 5 heteroatoms. The first kappa shape index (κ1) is 14.5. The first-order valence-electron chi connectivity index (χ1n) is 6.80. The Labute approximate surface area is 117 Å². The van der Waals surface area contributed by atoms with Gasteiger partial charge in [-0.3, -0.25) is 4.79 Å². The number of ether oxygens (including phenoxy) is 1. The highest BCUT2D eigenvalue weighted by molar-refractivity contribution is 5.87. The lowest BCUT2D eigenvalue weighted by molar-refractivity contribution is -0.142. The summed E-state index contributed by atoms with van der Waals surface area (Å²) in [6.45, 7) is 2.45. The predicted molar refractivity (Wildman–Crippen MR) is 73.2 cm³/mol. The maximum absolute atomic E-state index is 11.9. The van der Waals surface area contributed by atoms with Crippen LogP contribution in [0.3, 0.4) is 0 Å². The van der Waals surface area contributed by atoms with Crippen molar-refractivity contribution in [1.29, 1.82) is 0 Å². The van der Waals surface area contributed by atoms with Crippen LogP contribution in [0.2, 0.25) is 0 Å². The van der Waals surface area contributed by atoms with E-state index in [1.54, 1.807) is 0 Å². The van der Waals surface area contributed by atoms with Gasteiger partial charge in [0.15, 0.2) is 0 Å². The van der Waals surface area contributed by atoms with E-state index in [1.807, 2.05) is 37.3 Å². The summed E-state index contributed by atoms with van der Waals surface area (Å²) in [7, 11) is 0. The molecule has 1 amide bonds. The second-order valence-electron chi connectivity index (χ2n) is 4.93. The molecular formula is C15H19NO4. The molecule has 3 atom stereocenters. The molecule has 0 unspecified atom stereocenters. The molecule has 5 nitrogen and oxygen atoms in total. The van der Waals surface area contributed by atoms with Crippen LogP contribution in [0.1, 0.15) is 18.9 Å². The molecule has 1 fully saturated rings. The minimum atomic E-state index is -1.02. The number of hydrogen-bond acceptors (Lipinski definition) is 3. The lowest BCUT2D eigenvalue weighted by Crippen LogP contribution is -2.43. The Balaban J connectivity index is 1.90. The van der Waals surface area contributed by atoms with Gasteiger partial charge in [0.25, 0.3) is 0 Å². The van der Waals surface area contributed by atoms with Crippen molar-refractivity contribution in [2.24, 2.45) is 5.92 Å². The normalized spacial score (nSPS) is 22.1. The van der Waals surface area contributed by atoms with Gasteiger partial charge in [0.05, 0.1) is 12.0 Å². The largest absolute Gasteiger partial charge is 0.480 e. The number of carbonyl (C=O) groups excluding carboxylic acids is 1. The van der Waals surface area contributed by atoms with E-state index < -0.39 is 12.0 Å². The third-order valence-electron chi connectivity index (χ3n) is 3.35. The number of carboxylic acid groups (broad SMARTS) is 1. The number of carboxylic acids is 1. The number of hydrogen-bond donors (Lipinski definition) is 2. The van der Waals surface area contributed by atoms with E-state index in [1.165, 1.54) is 0 Å². The molecule has 0 spiro atoms.